The summed E-state index contributed by atoms with van der Waals surface area (Å²) in [6.07, 6.45) is 7.24. The van der Waals surface area contributed by atoms with Crippen molar-refractivity contribution in [3.63, 3.8) is 0 Å². The van der Waals surface area contributed by atoms with Crippen LogP contribution in [0.3, 0.4) is 0 Å². The molecule has 1 aliphatic carbocycles. The summed E-state index contributed by atoms with van der Waals surface area (Å²) in [4.78, 5) is 45.8. The molecule has 3 heterocycles. The first-order valence-electron chi connectivity index (χ1n) is 19.1. The minimum absolute atomic E-state index is 0.247. The van der Waals surface area contributed by atoms with Crippen LogP contribution in [0, 0.1) is 5.92 Å². The van der Waals surface area contributed by atoms with Crippen LogP contribution >= 0.6 is 0 Å². The number of phenolic OH excluding ortho intramolecular Hbond substituents is 1. The molecule has 0 saturated carbocycles. The van der Waals surface area contributed by atoms with Gasteiger partial charge in [0.25, 0.3) is 5.56 Å². The molecule has 3 aliphatic rings. The van der Waals surface area contributed by atoms with Crippen LogP contribution in [-0.2, 0) is 11.2 Å². The van der Waals surface area contributed by atoms with Crippen LogP contribution < -0.4 is 21.0 Å². The zero-order valence-electron chi connectivity index (χ0n) is 30.1. The standard InChI is InChI=1S/C44H47N5O4/c50-38-16-18-40-34(30-38)9-17-39(32-4-2-1-3-5-32)43(40)33-7-10-35(11-8-33)46-23-20-31(21-24-46)6-19-42(52)48-28-26-47(27-29-48)36-12-14-37(15-13-36)49-25-22-41(51)45-44(49)53/h1-5,7-8,10-16,18,22,25,30-31,39,43,50H,6,9,17,19-21,23-24,26-29H2,(H,45,51,53)/t39-,43+/m1/s1. The Bertz CT molecular complexity index is 2150. The number of aromatic amines is 1. The van der Waals surface area contributed by atoms with Crippen LogP contribution in [0.15, 0.2) is 119 Å². The lowest BCUT2D eigenvalue weighted by atomic mass is 9.69. The first-order chi connectivity index (χ1) is 25.9. The summed E-state index contributed by atoms with van der Waals surface area (Å²) < 4.78 is 1.41. The maximum Gasteiger partial charge on any atom is 0.332 e. The summed E-state index contributed by atoms with van der Waals surface area (Å²) in [7, 11) is 0. The Hall–Kier alpha value is -5.57. The Morgan fingerprint density at radius 3 is 2.06 bits per heavy atom. The minimum Gasteiger partial charge on any atom is -0.508 e. The number of hydrogen-bond acceptors (Lipinski definition) is 6. The van der Waals surface area contributed by atoms with E-state index in [0.717, 1.165) is 64.0 Å². The van der Waals surface area contributed by atoms with Crippen LogP contribution in [0.25, 0.3) is 5.69 Å². The molecule has 9 heteroatoms. The average Bonchev–Trinajstić information content (AvgIpc) is 3.20. The van der Waals surface area contributed by atoms with E-state index in [2.05, 4.69) is 75.4 Å². The second-order valence-corrected chi connectivity index (χ2v) is 14.8. The number of piperazine rings is 1. The highest BCUT2D eigenvalue weighted by atomic mass is 16.3. The zero-order valence-corrected chi connectivity index (χ0v) is 30.1. The van der Waals surface area contributed by atoms with E-state index < -0.39 is 11.2 Å². The summed E-state index contributed by atoms with van der Waals surface area (Å²) in [6, 6.07) is 35.0. The molecule has 0 bridgehead atoms. The molecule has 2 N–H and O–H groups in total. The van der Waals surface area contributed by atoms with E-state index in [1.165, 1.54) is 44.8 Å². The number of aryl methyl sites for hydroxylation is 1. The van der Waals surface area contributed by atoms with Crippen molar-refractivity contribution in [2.24, 2.45) is 5.92 Å². The fraction of sp³-hybridized carbons (Fsp3) is 0.341. The zero-order chi connectivity index (χ0) is 36.3. The third-order valence-electron chi connectivity index (χ3n) is 11.8. The molecule has 0 unspecified atom stereocenters. The summed E-state index contributed by atoms with van der Waals surface area (Å²) in [5.74, 6) is 1.80. The lowest BCUT2D eigenvalue weighted by Crippen LogP contribution is -2.48. The summed E-state index contributed by atoms with van der Waals surface area (Å²) in [5, 5.41) is 10.2. The van der Waals surface area contributed by atoms with E-state index in [-0.39, 0.29) is 11.8 Å². The van der Waals surface area contributed by atoms with Gasteiger partial charge in [0.15, 0.2) is 0 Å². The Morgan fingerprint density at radius 1 is 0.698 bits per heavy atom. The molecule has 2 atom stereocenters. The lowest BCUT2D eigenvalue weighted by Gasteiger charge is -2.37. The van der Waals surface area contributed by atoms with Crippen molar-refractivity contribution in [1.82, 2.24) is 14.5 Å². The van der Waals surface area contributed by atoms with E-state index >= 15 is 0 Å². The predicted molar refractivity (Wildman–Crippen MR) is 210 cm³/mol. The number of aromatic hydroxyl groups is 1. The number of anilines is 2. The Balaban J connectivity index is 0.818. The Labute approximate surface area is 310 Å². The molecule has 0 radical (unpaired) electrons. The molecular weight excluding hydrogens is 663 g/mol. The number of piperidine rings is 1. The van der Waals surface area contributed by atoms with Crippen molar-refractivity contribution in [1.29, 1.82) is 0 Å². The number of amides is 1. The molecule has 2 aliphatic heterocycles. The van der Waals surface area contributed by atoms with Crippen molar-refractivity contribution >= 4 is 17.3 Å². The highest BCUT2D eigenvalue weighted by Gasteiger charge is 2.32. The molecular formula is C44H47N5O4. The molecule has 2 fully saturated rings. The van der Waals surface area contributed by atoms with Crippen molar-refractivity contribution in [2.75, 3.05) is 49.1 Å². The number of carbonyl (C=O) groups is 1. The van der Waals surface area contributed by atoms with Crippen LogP contribution in [0.1, 0.15) is 66.2 Å². The minimum atomic E-state index is -0.462. The molecule has 2 saturated heterocycles. The van der Waals surface area contributed by atoms with Crippen molar-refractivity contribution < 1.29 is 9.90 Å². The molecule has 1 amide bonds. The highest BCUT2D eigenvalue weighted by molar-refractivity contribution is 5.76. The van der Waals surface area contributed by atoms with Gasteiger partial charge in [0.05, 0.1) is 5.69 Å². The van der Waals surface area contributed by atoms with E-state index in [9.17, 15) is 19.5 Å². The Kier molecular flexibility index (Phi) is 9.89. The van der Waals surface area contributed by atoms with Gasteiger partial charge in [-0.2, -0.15) is 0 Å². The molecule has 0 spiro atoms. The monoisotopic (exact) mass is 709 g/mol. The molecule has 53 heavy (non-hydrogen) atoms. The number of carbonyl (C=O) groups excluding carboxylic acids is 1. The van der Waals surface area contributed by atoms with Crippen LogP contribution in [0.2, 0.25) is 0 Å². The van der Waals surface area contributed by atoms with Gasteiger partial charge < -0.3 is 19.8 Å². The van der Waals surface area contributed by atoms with Gasteiger partial charge in [0, 0.05) is 75.2 Å². The first-order valence-corrected chi connectivity index (χ1v) is 19.1. The van der Waals surface area contributed by atoms with Crippen molar-refractivity contribution in [2.45, 2.75) is 50.4 Å². The number of fused-ring (bicyclic) bond motifs is 1. The van der Waals surface area contributed by atoms with Crippen LogP contribution in [0.5, 0.6) is 5.75 Å². The average molecular weight is 710 g/mol. The SMILES string of the molecule is O=C(CCC1CCN(c2ccc([C@@H]3c4ccc(O)cc4CC[C@@H]3c3ccccc3)cc2)CC1)N1CCN(c2ccc(-n3ccc(=O)[nH]c3=O)cc2)CC1. The van der Waals surface area contributed by atoms with Crippen molar-refractivity contribution in [3.05, 3.63) is 152 Å². The molecule has 8 rings (SSSR count). The lowest BCUT2D eigenvalue weighted by molar-refractivity contribution is -0.131. The van der Waals surface area contributed by atoms with Crippen molar-refractivity contribution in [3.8, 4) is 11.4 Å². The molecule has 5 aromatic rings. The number of aromatic nitrogens is 2. The fourth-order valence-corrected chi connectivity index (χ4v) is 8.79. The fourth-order valence-electron chi connectivity index (χ4n) is 8.79. The van der Waals surface area contributed by atoms with Gasteiger partial charge in [-0.25, -0.2) is 4.79 Å². The summed E-state index contributed by atoms with van der Waals surface area (Å²) >= 11 is 0. The molecule has 1 aromatic heterocycles. The van der Waals surface area contributed by atoms with Gasteiger partial charge in [-0.05, 0) is 115 Å². The second kappa shape index (κ2) is 15.2. The molecule has 272 valence electrons. The van der Waals surface area contributed by atoms with Gasteiger partial charge >= 0.3 is 5.69 Å². The van der Waals surface area contributed by atoms with Gasteiger partial charge in [-0.1, -0.05) is 48.5 Å². The van der Waals surface area contributed by atoms with E-state index in [4.69, 9.17) is 0 Å². The topological polar surface area (TPSA) is 102 Å². The predicted octanol–water partition coefficient (Wildman–Crippen LogP) is 6.44. The third-order valence-corrected chi connectivity index (χ3v) is 11.8. The summed E-state index contributed by atoms with van der Waals surface area (Å²) in [5.41, 5.74) is 7.39. The number of nitrogens with one attached hydrogen (secondary N) is 1. The van der Waals surface area contributed by atoms with Gasteiger partial charge in [-0.3, -0.25) is 19.1 Å². The van der Waals surface area contributed by atoms with E-state index in [0.29, 0.717) is 42.8 Å². The highest BCUT2D eigenvalue weighted by Crippen LogP contribution is 2.47. The molecule has 9 nitrogen and oxygen atoms in total. The van der Waals surface area contributed by atoms with Crippen LogP contribution in [-0.4, -0.2) is 64.7 Å². The summed E-state index contributed by atoms with van der Waals surface area (Å²) in [6.45, 7) is 4.95. The first kappa shape index (κ1) is 34.5. The Morgan fingerprint density at radius 2 is 1.36 bits per heavy atom. The second-order valence-electron chi connectivity index (χ2n) is 14.8. The molecule has 4 aromatic carbocycles. The number of nitrogens with zero attached hydrogens (tertiary/aromatic N) is 4. The maximum atomic E-state index is 13.2. The van der Waals surface area contributed by atoms with Gasteiger partial charge in [-0.15, -0.1) is 0 Å². The number of H-pyrrole nitrogens is 1. The smallest absolute Gasteiger partial charge is 0.332 e. The number of benzene rings is 4. The number of hydrogen-bond donors (Lipinski definition) is 2. The number of rotatable bonds is 8. The number of phenols is 1. The third kappa shape index (κ3) is 7.52. The van der Waals surface area contributed by atoms with Gasteiger partial charge in [0.1, 0.15) is 5.75 Å². The van der Waals surface area contributed by atoms with E-state index in [1.54, 1.807) is 0 Å². The normalized spacial score (nSPS) is 19.2. The largest absolute Gasteiger partial charge is 0.508 e. The van der Waals surface area contributed by atoms with Crippen LogP contribution in [0.4, 0.5) is 11.4 Å². The maximum absolute atomic E-state index is 13.2. The van der Waals surface area contributed by atoms with E-state index in [1.807, 2.05) is 41.3 Å². The quantitative estimate of drug-likeness (QED) is 0.193. The van der Waals surface area contributed by atoms with Gasteiger partial charge in [0.2, 0.25) is 5.91 Å².